The highest BCUT2D eigenvalue weighted by atomic mass is 35.5. The molecule has 6 heteroatoms. The van der Waals surface area contributed by atoms with Crippen molar-refractivity contribution in [3.05, 3.63) is 53.6 Å². The Kier molecular flexibility index (Phi) is 3.36. The second-order valence-corrected chi connectivity index (χ2v) is 4.99. The summed E-state index contributed by atoms with van der Waals surface area (Å²) in [5, 5.41) is 5.24. The lowest BCUT2D eigenvalue weighted by molar-refractivity contribution is 0.615. The van der Waals surface area contributed by atoms with Crippen molar-refractivity contribution < 1.29 is 0 Å². The van der Waals surface area contributed by atoms with E-state index in [-0.39, 0.29) is 5.38 Å². The lowest BCUT2D eigenvalue weighted by Crippen LogP contribution is -2.06. The van der Waals surface area contributed by atoms with Crippen LogP contribution in [0.2, 0.25) is 5.15 Å². The summed E-state index contributed by atoms with van der Waals surface area (Å²) >= 11 is 12.4. The van der Waals surface area contributed by atoms with Crippen molar-refractivity contribution in [2.45, 2.75) is 11.9 Å². The van der Waals surface area contributed by atoms with E-state index in [4.69, 9.17) is 23.2 Å². The van der Waals surface area contributed by atoms with Gasteiger partial charge in [-0.2, -0.15) is 5.10 Å². The van der Waals surface area contributed by atoms with Crippen LogP contribution < -0.4 is 0 Å². The predicted molar refractivity (Wildman–Crippen MR) is 75.4 cm³/mol. The number of nitrogens with zero attached hydrogens (tertiary/aromatic N) is 4. The molecule has 0 aliphatic rings. The smallest absolute Gasteiger partial charge is 0.162 e. The number of benzene rings is 1. The summed E-state index contributed by atoms with van der Waals surface area (Å²) in [7, 11) is 0. The first-order chi connectivity index (χ1) is 9.25. The third-order valence-electron chi connectivity index (χ3n) is 2.88. The van der Waals surface area contributed by atoms with E-state index in [0.29, 0.717) is 17.3 Å². The second kappa shape index (κ2) is 5.15. The molecule has 1 unspecified atom stereocenters. The monoisotopic (exact) mass is 292 g/mol. The zero-order valence-electron chi connectivity index (χ0n) is 9.87. The lowest BCUT2D eigenvalue weighted by Gasteiger charge is -2.10. The van der Waals surface area contributed by atoms with Crippen LogP contribution in [0.4, 0.5) is 0 Å². The number of fused-ring (bicyclic) bond motifs is 1. The quantitative estimate of drug-likeness (QED) is 0.548. The molecule has 0 amide bonds. The Morgan fingerprint density at radius 2 is 1.95 bits per heavy atom. The average molecular weight is 293 g/mol. The van der Waals surface area contributed by atoms with E-state index in [0.717, 1.165) is 10.9 Å². The second-order valence-electron chi connectivity index (χ2n) is 4.11. The molecule has 0 aliphatic heterocycles. The number of alkyl halides is 1. The van der Waals surface area contributed by atoms with E-state index >= 15 is 0 Å². The maximum absolute atomic E-state index is 6.40. The maximum Gasteiger partial charge on any atom is 0.162 e. The summed E-state index contributed by atoms with van der Waals surface area (Å²) < 4.78 is 1.74. The lowest BCUT2D eigenvalue weighted by atomic mass is 10.1. The Morgan fingerprint density at radius 3 is 2.74 bits per heavy atom. The molecule has 1 atom stereocenters. The van der Waals surface area contributed by atoms with Crippen LogP contribution in [0.1, 0.15) is 10.9 Å². The largest absolute Gasteiger partial charge is 0.245 e. The highest BCUT2D eigenvalue weighted by molar-refractivity contribution is 6.33. The van der Waals surface area contributed by atoms with Crippen LogP contribution in [0.15, 0.2) is 42.9 Å². The first-order valence-electron chi connectivity index (χ1n) is 5.77. The molecule has 19 heavy (non-hydrogen) atoms. The molecule has 3 aromatic rings. The molecular formula is C13H10Cl2N4. The Morgan fingerprint density at radius 1 is 1.16 bits per heavy atom. The SMILES string of the molecule is Clc1ncnc2c1cnn2CC(Cl)c1ccccc1. The van der Waals surface area contributed by atoms with Crippen molar-refractivity contribution in [2.75, 3.05) is 0 Å². The van der Waals surface area contributed by atoms with E-state index in [1.165, 1.54) is 6.33 Å². The van der Waals surface area contributed by atoms with Crippen LogP contribution in [0.5, 0.6) is 0 Å². The van der Waals surface area contributed by atoms with E-state index in [2.05, 4.69) is 15.1 Å². The van der Waals surface area contributed by atoms with Gasteiger partial charge in [-0.1, -0.05) is 41.9 Å². The molecule has 0 bridgehead atoms. The van der Waals surface area contributed by atoms with Crippen molar-refractivity contribution in [1.82, 2.24) is 19.7 Å². The minimum atomic E-state index is -0.168. The molecule has 0 saturated carbocycles. The molecule has 4 nitrogen and oxygen atoms in total. The molecule has 3 rings (SSSR count). The van der Waals surface area contributed by atoms with Gasteiger partial charge in [0.2, 0.25) is 0 Å². The summed E-state index contributed by atoms with van der Waals surface area (Å²) in [6.45, 7) is 0.530. The highest BCUT2D eigenvalue weighted by Gasteiger charge is 2.13. The standard InChI is InChI=1S/C13H10Cl2N4/c14-11(9-4-2-1-3-5-9)7-19-13-10(6-18-19)12(15)16-8-17-13/h1-6,8,11H,7H2. The van der Waals surface area contributed by atoms with Crippen molar-refractivity contribution in [3.63, 3.8) is 0 Å². The van der Waals surface area contributed by atoms with Crippen molar-refractivity contribution in [1.29, 1.82) is 0 Å². The number of hydrogen-bond donors (Lipinski definition) is 0. The fourth-order valence-corrected chi connectivity index (χ4v) is 2.37. The van der Waals surface area contributed by atoms with Gasteiger partial charge in [0.1, 0.15) is 11.5 Å². The maximum atomic E-state index is 6.40. The fraction of sp³-hybridized carbons (Fsp3) is 0.154. The molecule has 2 aromatic heterocycles. The molecule has 2 heterocycles. The molecule has 0 radical (unpaired) electrons. The fourth-order valence-electron chi connectivity index (χ4n) is 1.92. The van der Waals surface area contributed by atoms with Gasteiger partial charge in [0, 0.05) is 0 Å². The third-order valence-corrected chi connectivity index (χ3v) is 3.57. The average Bonchev–Trinajstić information content (AvgIpc) is 2.84. The van der Waals surface area contributed by atoms with Crippen LogP contribution in [-0.4, -0.2) is 19.7 Å². The predicted octanol–water partition coefficient (Wildman–Crippen LogP) is 3.46. The molecule has 1 aromatic carbocycles. The van der Waals surface area contributed by atoms with Crippen LogP contribution in [0, 0.1) is 0 Å². The van der Waals surface area contributed by atoms with Crippen molar-refractivity contribution in [2.24, 2.45) is 0 Å². The summed E-state index contributed by atoms with van der Waals surface area (Å²) in [5.41, 5.74) is 1.74. The molecule has 0 N–H and O–H groups in total. The number of aromatic nitrogens is 4. The molecule has 0 spiro atoms. The van der Waals surface area contributed by atoms with Gasteiger partial charge in [-0.3, -0.25) is 0 Å². The topological polar surface area (TPSA) is 43.6 Å². The number of hydrogen-bond acceptors (Lipinski definition) is 3. The minimum absolute atomic E-state index is 0.168. The number of halogens is 2. The normalized spacial score (nSPS) is 12.7. The van der Waals surface area contributed by atoms with Gasteiger partial charge in [-0.05, 0) is 5.56 Å². The Hall–Kier alpha value is -1.65. The Balaban J connectivity index is 1.92. The molecular weight excluding hydrogens is 283 g/mol. The van der Waals surface area contributed by atoms with Gasteiger partial charge in [-0.15, -0.1) is 11.6 Å². The molecule has 0 aliphatic carbocycles. The van der Waals surface area contributed by atoms with E-state index in [1.807, 2.05) is 30.3 Å². The van der Waals surface area contributed by atoms with Crippen molar-refractivity contribution in [3.8, 4) is 0 Å². The first-order valence-corrected chi connectivity index (χ1v) is 6.58. The molecule has 96 valence electrons. The molecule has 0 fully saturated rings. The van der Waals surface area contributed by atoms with E-state index in [9.17, 15) is 0 Å². The van der Waals surface area contributed by atoms with Crippen LogP contribution in [-0.2, 0) is 6.54 Å². The summed E-state index contributed by atoms with van der Waals surface area (Å²) in [5.74, 6) is 0. The van der Waals surface area contributed by atoms with Crippen LogP contribution >= 0.6 is 23.2 Å². The van der Waals surface area contributed by atoms with Crippen molar-refractivity contribution >= 4 is 34.2 Å². The van der Waals surface area contributed by atoms with Crippen LogP contribution in [0.25, 0.3) is 11.0 Å². The Labute approximate surface area is 120 Å². The molecule has 0 saturated heterocycles. The van der Waals surface area contributed by atoms with Gasteiger partial charge in [0.05, 0.1) is 23.5 Å². The highest BCUT2D eigenvalue weighted by Crippen LogP contribution is 2.24. The zero-order chi connectivity index (χ0) is 13.2. The van der Waals surface area contributed by atoms with Gasteiger partial charge in [-0.25, -0.2) is 14.6 Å². The zero-order valence-corrected chi connectivity index (χ0v) is 11.4. The van der Waals surface area contributed by atoms with Gasteiger partial charge in [0.25, 0.3) is 0 Å². The van der Waals surface area contributed by atoms with Crippen LogP contribution in [0.3, 0.4) is 0 Å². The van der Waals surface area contributed by atoms with Gasteiger partial charge >= 0.3 is 0 Å². The van der Waals surface area contributed by atoms with E-state index in [1.54, 1.807) is 10.9 Å². The summed E-state index contributed by atoms with van der Waals surface area (Å²) in [6, 6.07) is 9.87. The van der Waals surface area contributed by atoms with E-state index < -0.39 is 0 Å². The minimum Gasteiger partial charge on any atom is -0.245 e. The summed E-state index contributed by atoms with van der Waals surface area (Å²) in [6.07, 6.45) is 3.08. The van der Waals surface area contributed by atoms with Gasteiger partial charge in [0.15, 0.2) is 5.65 Å². The third kappa shape index (κ3) is 2.41. The summed E-state index contributed by atoms with van der Waals surface area (Å²) in [4.78, 5) is 8.12. The Bertz CT molecular complexity index is 696. The van der Waals surface area contributed by atoms with Gasteiger partial charge < -0.3 is 0 Å². The first kappa shape index (κ1) is 12.4. The number of rotatable bonds is 3.